The first-order chi connectivity index (χ1) is 12.5. The Morgan fingerprint density at radius 3 is 2.81 bits per heavy atom. The molecule has 0 aromatic heterocycles. The van der Waals surface area contributed by atoms with Gasteiger partial charge in [-0.15, -0.1) is 0 Å². The van der Waals surface area contributed by atoms with E-state index in [1.807, 2.05) is 38.1 Å². The monoisotopic (exact) mass is 390 g/mol. The van der Waals surface area contributed by atoms with E-state index in [0.29, 0.717) is 5.17 Å². The van der Waals surface area contributed by atoms with Crippen LogP contribution in [0, 0.1) is 12.7 Å². The molecule has 1 aliphatic rings. The van der Waals surface area contributed by atoms with Gasteiger partial charge in [0.2, 0.25) is 5.91 Å². The van der Waals surface area contributed by atoms with E-state index in [1.54, 1.807) is 22.7 Å². The lowest BCUT2D eigenvalue weighted by atomic mass is 10.1. The van der Waals surface area contributed by atoms with Crippen molar-refractivity contribution in [2.45, 2.75) is 32.7 Å². The van der Waals surface area contributed by atoms with Crippen LogP contribution < -0.4 is 0 Å². The first kappa shape index (κ1) is 18.9. The highest BCUT2D eigenvalue weighted by Crippen LogP contribution is 2.30. The molecule has 3 rings (SSSR count). The number of benzene rings is 2. The summed E-state index contributed by atoms with van der Waals surface area (Å²) < 4.78 is 14.1. The van der Waals surface area contributed by atoms with Gasteiger partial charge in [0.1, 0.15) is 5.82 Å². The van der Waals surface area contributed by atoms with E-state index in [1.165, 1.54) is 12.1 Å². The van der Waals surface area contributed by atoms with Crippen LogP contribution in [0.25, 0.3) is 0 Å². The van der Waals surface area contributed by atoms with E-state index < -0.39 is 5.82 Å². The fourth-order valence-corrected chi connectivity index (χ4v) is 4.43. The first-order valence-electron chi connectivity index (χ1n) is 8.52. The lowest BCUT2D eigenvalue weighted by Crippen LogP contribution is -2.40. The summed E-state index contributed by atoms with van der Waals surface area (Å²) in [5, 5.41) is 0.940. The molecule has 2 aromatic rings. The molecule has 6 heteroatoms. The molecule has 0 N–H and O–H groups in total. The predicted octanol–water partition coefficient (Wildman–Crippen LogP) is 5.37. The van der Waals surface area contributed by atoms with Crippen LogP contribution in [0.5, 0.6) is 0 Å². The van der Waals surface area contributed by atoms with Gasteiger partial charge in [-0.3, -0.25) is 9.69 Å². The Kier molecular flexibility index (Phi) is 5.99. The molecule has 1 heterocycles. The molecule has 136 valence electrons. The van der Waals surface area contributed by atoms with Crippen molar-refractivity contribution in [3.8, 4) is 0 Å². The first-order valence-corrected chi connectivity index (χ1v) is 9.89. The SMILES string of the molecule is CC[C@H]1CSC(=Nc2cccc(C)c2)N1C(=O)Cc1c(F)cccc1Cl. The van der Waals surface area contributed by atoms with Gasteiger partial charge < -0.3 is 0 Å². The van der Waals surface area contributed by atoms with Crippen LogP contribution in [-0.4, -0.2) is 27.8 Å². The smallest absolute Gasteiger partial charge is 0.233 e. The maximum Gasteiger partial charge on any atom is 0.233 e. The Morgan fingerprint density at radius 1 is 1.35 bits per heavy atom. The number of carbonyl (C=O) groups excluding carboxylic acids is 1. The van der Waals surface area contributed by atoms with E-state index in [2.05, 4.69) is 4.99 Å². The van der Waals surface area contributed by atoms with Gasteiger partial charge in [-0.1, -0.05) is 48.5 Å². The number of halogens is 2. The number of aryl methyl sites for hydroxylation is 1. The number of rotatable bonds is 4. The number of amides is 1. The van der Waals surface area contributed by atoms with Gasteiger partial charge in [-0.25, -0.2) is 9.38 Å². The number of thioether (sulfide) groups is 1. The molecular formula is C20H20ClFN2OS. The van der Waals surface area contributed by atoms with Gasteiger partial charge in [0, 0.05) is 22.4 Å². The van der Waals surface area contributed by atoms with Crippen LogP contribution in [0.1, 0.15) is 24.5 Å². The highest BCUT2D eigenvalue weighted by molar-refractivity contribution is 8.14. The molecule has 1 atom stereocenters. The molecular weight excluding hydrogens is 371 g/mol. The van der Waals surface area contributed by atoms with Gasteiger partial charge in [-0.2, -0.15) is 0 Å². The zero-order valence-electron chi connectivity index (χ0n) is 14.7. The molecule has 1 saturated heterocycles. The quantitative estimate of drug-likeness (QED) is 0.702. The summed E-state index contributed by atoms with van der Waals surface area (Å²) in [4.78, 5) is 19.3. The van der Waals surface area contributed by atoms with E-state index in [-0.39, 0.29) is 29.0 Å². The van der Waals surface area contributed by atoms with Gasteiger partial charge in [0.15, 0.2) is 5.17 Å². The third-order valence-electron chi connectivity index (χ3n) is 4.33. The Hall–Kier alpha value is -1.85. The molecule has 2 aromatic carbocycles. The molecule has 1 aliphatic heterocycles. The predicted molar refractivity (Wildman–Crippen MR) is 107 cm³/mol. The maximum atomic E-state index is 14.1. The van der Waals surface area contributed by atoms with Crippen molar-refractivity contribution in [3.05, 3.63) is 64.4 Å². The lowest BCUT2D eigenvalue weighted by molar-refractivity contribution is -0.127. The van der Waals surface area contributed by atoms with E-state index in [0.717, 1.165) is 23.4 Å². The zero-order valence-corrected chi connectivity index (χ0v) is 16.3. The van der Waals surface area contributed by atoms with Crippen molar-refractivity contribution < 1.29 is 9.18 Å². The van der Waals surface area contributed by atoms with Crippen LogP contribution in [0.3, 0.4) is 0 Å². The van der Waals surface area contributed by atoms with E-state index in [9.17, 15) is 9.18 Å². The topological polar surface area (TPSA) is 32.7 Å². The molecule has 0 aliphatic carbocycles. The Morgan fingerprint density at radius 2 is 2.12 bits per heavy atom. The number of aliphatic imine (C=N–C) groups is 1. The van der Waals surface area contributed by atoms with Crippen molar-refractivity contribution in [1.29, 1.82) is 0 Å². The highest BCUT2D eigenvalue weighted by Gasteiger charge is 2.34. The third-order valence-corrected chi connectivity index (χ3v) is 5.78. The highest BCUT2D eigenvalue weighted by atomic mass is 35.5. The van der Waals surface area contributed by atoms with Crippen molar-refractivity contribution in [2.24, 2.45) is 4.99 Å². The Balaban J connectivity index is 1.89. The minimum absolute atomic E-state index is 0.0570. The van der Waals surface area contributed by atoms with Crippen LogP contribution in [0.2, 0.25) is 5.02 Å². The lowest BCUT2D eigenvalue weighted by Gasteiger charge is -2.23. The standard InChI is InChI=1S/C20H20ClFN2OS/c1-3-15-12-26-20(23-14-7-4-6-13(2)10-14)24(15)19(25)11-16-17(21)8-5-9-18(16)22/h4-10,15H,3,11-12H2,1-2H3/t15-/m0/s1. The second-order valence-electron chi connectivity index (χ2n) is 6.25. The molecule has 0 saturated carbocycles. The van der Waals surface area contributed by atoms with Crippen LogP contribution in [0.4, 0.5) is 10.1 Å². The van der Waals surface area contributed by atoms with Crippen molar-refractivity contribution in [2.75, 3.05) is 5.75 Å². The van der Waals surface area contributed by atoms with E-state index in [4.69, 9.17) is 11.6 Å². The van der Waals surface area contributed by atoms with Crippen LogP contribution in [-0.2, 0) is 11.2 Å². The van der Waals surface area contributed by atoms with Gasteiger partial charge in [-0.05, 0) is 43.2 Å². The van der Waals surface area contributed by atoms with E-state index >= 15 is 0 Å². The number of nitrogens with zero attached hydrogens (tertiary/aromatic N) is 2. The van der Waals surface area contributed by atoms with Crippen LogP contribution >= 0.6 is 23.4 Å². The summed E-state index contributed by atoms with van der Waals surface area (Å²) in [5.74, 6) is 0.154. The average Bonchev–Trinajstić information content (AvgIpc) is 3.01. The number of carbonyl (C=O) groups is 1. The summed E-state index contributed by atoms with van der Waals surface area (Å²) in [7, 11) is 0. The Bertz CT molecular complexity index is 835. The van der Waals surface area contributed by atoms with Gasteiger partial charge >= 0.3 is 0 Å². The van der Waals surface area contributed by atoms with Crippen molar-refractivity contribution in [3.63, 3.8) is 0 Å². The molecule has 26 heavy (non-hydrogen) atoms. The number of hydrogen-bond acceptors (Lipinski definition) is 3. The number of amidine groups is 1. The summed E-state index contributed by atoms with van der Waals surface area (Å²) in [6.45, 7) is 4.04. The molecule has 0 unspecified atom stereocenters. The summed E-state index contributed by atoms with van der Waals surface area (Å²) in [6, 6.07) is 12.4. The zero-order chi connectivity index (χ0) is 18.7. The molecule has 0 bridgehead atoms. The summed E-state index contributed by atoms with van der Waals surface area (Å²) >= 11 is 7.65. The Labute approximate surface area is 162 Å². The maximum absolute atomic E-state index is 14.1. The second-order valence-corrected chi connectivity index (χ2v) is 7.64. The fourth-order valence-electron chi connectivity index (χ4n) is 2.91. The fraction of sp³-hybridized carbons (Fsp3) is 0.300. The molecule has 3 nitrogen and oxygen atoms in total. The second kappa shape index (κ2) is 8.23. The number of hydrogen-bond donors (Lipinski definition) is 0. The average molecular weight is 391 g/mol. The van der Waals surface area contributed by atoms with Crippen molar-refractivity contribution in [1.82, 2.24) is 4.90 Å². The van der Waals surface area contributed by atoms with Crippen LogP contribution in [0.15, 0.2) is 47.5 Å². The summed E-state index contributed by atoms with van der Waals surface area (Å²) in [6.07, 6.45) is 0.742. The molecule has 1 amide bonds. The minimum Gasteiger partial charge on any atom is -0.287 e. The largest absolute Gasteiger partial charge is 0.287 e. The van der Waals surface area contributed by atoms with Crippen molar-refractivity contribution >= 4 is 40.1 Å². The molecule has 0 radical (unpaired) electrons. The summed E-state index contributed by atoms with van der Waals surface area (Å²) in [5.41, 5.74) is 2.16. The minimum atomic E-state index is -0.456. The normalized spacial score (nSPS) is 18.5. The van der Waals surface area contributed by atoms with Gasteiger partial charge in [0.25, 0.3) is 0 Å². The van der Waals surface area contributed by atoms with Gasteiger partial charge in [0.05, 0.1) is 12.1 Å². The molecule has 0 spiro atoms. The third kappa shape index (κ3) is 4.10. The molecule has 1 fully saturated rings.